The van der Waals surface area contributed by atoms with Crippen LogP contribution in [0.15, 0.2) is 35.4 Å². The summed E-state index contributed by atoms with van der Waals surface area (Å²) in [6, 6.07) is 8.02. The first kappa shape index (κ1) is 19.6. The zero-order valence-corrected chi connectivity index (χ0v) is 17.9. The first-order valence-corrected chi connectivity index (χ1v) is 10.8. The fourth-order valence-electron chi connectivity index (χ4n) is 3.80. The fourth-order valence-corrected chi connectivity index (χ4v) is 5.14. The van der Waals surface area contributed by atoms with Crippen molar-refractivity contribution in [2.45, 2.75) is 39.3 Å². The minimum Gasteiger partial charge on any atom is -0.378 e. The molecule has 0 radical (unpaired) electrons. The number of aryl methyl sites for hydroxylation is 1. The second kappa shape index (κ2) is 7.99. The Bertz CT molecular complexity index is 1100. The number of fused-ring (bicyclic) bond motifs is 3. The maximum Gasteiger partial charge on any atom is 0.262 e. The molecule has 1 aliphatic carbocycles. The molecule has 1 aliphatic rings. The number of anilines is 1. The Balaban J connectivity index is 1.47. The van der Waals surface area contributed by atoms with Crippen LogP contribution in [0.3, 0.4) is 0 Å². The second-order valence-corrected chi connectivity index (χ2v) is 9.13. The molecule has 29 heavy (non-hydrogen) atoms. The van der Waals surface area contributed by atoms with Crippen molar-refractivity contribution in [1.29, 1.82) is 0 Å². The number of nitrogens with one attached hydrogen (secondary N) is 1. The van der Waals surface area contributed by atoms with E-state index < -0.39 is 0 Å². The number of nitrogens with zero attached hydrogens (tertiary/aromatic N) is 3. The fraction of sp³-hybridized carbons (Fsp3) is 0.409. The number of aromatic nitrogens is 2. The van der Waals surface area contributed by atoms with E-state index in [0.717, 1.165) is 40.9 Å². The van der Waals surface area contributed by atoms with Gasteiger partial charge >= 0.3 is 0 Å². The summed E-state index contributed by atoms with van der Waals surface area (Å²) in [7, 11) is 3.98. The molecule has 7 heteroatoms. The van der Waals surface area contributed by atoms with E-state index in [1.807, 2.05) is 43.3 Å². The monoisotopic (exact) mass is 410 g/mol. The van der Waals surface area contributed by atoms with E-state index in [-0.39, 0.29) is 18.0 Å². The van der Waals surface area contributed by atoms with Gasteiger partial charge in [0.25, 0.3) is 5.56 Å². The van der Waals surface area contributed by atoms with Crippen LogP contribution in [0.25, 0.3) is 10.2 Å². The van der Waals surface area contributed by atoms with Crippen LogP contribution in [0.2, 0.25) is 0 Å². The number of carbonyl (C=O) groups is 1. The predicted molar refractivity (Wildman–Crippen MR) is 118 cm³/mol. The minimum atomic E-state index is -0.192. The van der Waals surface area contributed by atoms with E-state index in [1.54, 1.807) is 11.3 Å². The van der Waals surface area contributed by atoms with Crippen molar-refractivity contribution in [1.82, 2.24) is 14.9 Å². The van der Waals surface area contributed by atoms with Gasteiger partial charge in [-0.2, -0.15) is 0 Å². The molecule has 0 bridgehead atoms. The molecule has 1 atom stereocenters. The minimum absolute atomic E-state index is 0.0153. The number of hydrogen-bond donors (Lipinski definition) is 1. The lowest BCUT2D eigenvalue weighted by Crippen LogP contribution is -2.32. The molecule has 0 saturated carbocycles. The highest BCUT2D eigenvalue weighted by Crippen LogP contribution is 2.35. The van der Waals surface area contributed by atoms with Crippen LogP contribution in [0.4, 0.5) is 5.69 Å². The maximum atomic E-state index is 13.0. The standard InChI is InChI=1S/C22H26N4O2S/c1-14-4-9-17-18(10-14)29-21-20(17)22(28)26(13-24-21)12-19(27)23-11-15-5-7-16(8-6-15)25(2)3/h5-8,13-14H,4,9-12H2,1-3H3,(H,23,27)/t14-/m0/s1. The van der Waals surface area contributed by atoms with E-state index in [1.165, 1.54) is 15.8 Å². The van der Waals surface area contributed by atoms with Crippen molar-refractivity contribution in [2.24, 2.45) is 5.92 Å². The van der Waals surface area contributed by atoms with E-state index >= 15 is 0 Å². The van der Waals surface area contributed by atoms with Crippen LogP contribution in [0, 0.1) is 5.92 Å². The van der Waals surface area contributed by atoms with Crippen LogP contribution in [-0.2, 0) is 30.7 Å². The molecule has 1 aromatic carbocycles. The predicted octanol–water partition coefficient (Wildman–Crippen LogP) is 2.97. The Kier molecular flexibility index (Phi) is 5.41. The van der Waals surface area contributed by atoms with E-state index in [2.05, 4.69) is 17.2 Å². The molecule has 1 N–H and O–H groups in total. The zero-order chi connectivity index (χ0) is 20.5. The number of hydrogen-bond acceptors (Lipinski definition) is 5. The quantitative estimate of drug-likeness (QED) is 0.702. The molecule has 0 saturated heterocycles. The van der Waals surface area contributed by atoms with Crippen LogP contribution in [0.1, 0.15) is 29.3 Å². The van der Waals surface area contributed by atoms with Gasteiger partial charge in [0, 0.05) is 31.2 Å². The third-order valence-corrected chi connectivity index (χ3v) is 6.70. The maximum absolute atomic E-state index is 13.0. The summed E-state index contributed by atoms with van der Waals surface area (Å²) < 4.78 is 1.43. The summed E-state index contributed by atoms with van der Waals surface area (Å²) in [4.78, 5) is 34.0. The second-order valence-electron chi connectivity index (χ2n) is 8.05. The summed E-state index contributed by atoms with van der Waals surface area (Å²) >= 11 is 1.63. The molecular formula is C22H26N4O2S. The summed E-state index contributed by atoms with van der Waals surface area (Å²) in [6.07, 6.45) is 4.54. The van der Waals surface area contributed by atoms with Crippen LogP contribution in [0.5, 0.6) is 0 Å². The molecule has 0 fully saturated rings. The van der Waals surface area contributed by atoms with Crippen LogP contribution >= 0.6 is 11.3 Å². The van der Waals surface area contributed by atoms with Crippen molar-refractivity contribution in [3.8, 4) is 0 Å². The Morgan fingerprint density at radius 1 is 1.31 bits per heavy atom. The van der Waals surface area contributed by atoms with Crippen molar-refractivity contribution < 1.29 is 4.79 Å². The molecule has 0 unspecified atom stereocenters. The summed E-state index contributed by atoms with van der Waals surface area (Å²) in [5, 5.41) is 3.61. The average molecular weight is 411 g/mol. The number of rotatable bonds is 5. The molecular weight excluding hydrogens is 384 g/mol. The lowest BCUT2D eigenvalue weighted by atomic mass is 9.89. The Hall–Kier alpha value is -2.67. The summed E-state index contributed by atoms with van der Waals surface area (Å²) in [5.74, 6) is 0.456. The van der Waals surface area contributed by atoms with Crippen molar-refractivity contribution in [2.75, 3.05) is 19.0 Å². The van der Waals surface area contributed by atoms with Gasteiger partial charge in [-0.1, -0.05) is 19.1 Å². The van der Waals surface area contributed by atoms with Crippen LogP contribution < -0.4 is 15.8 Å². The highest BCUT2D eigenvalue weighted by molar-refractivity contribution is 7.18. The molecule has 152 valence electrons. The highest BCUT2D eigenvalue weighted by atomic mass is 32.1. The number of benzene rings is 1. The highest BCUT2D eigenvalue weighted by Gasteiger charge is 2.23. The first-order chi connectivity index (χ1) is 13.9. The van der Waals surface area contributed by atoms with E-state index in [9.17, 15) is 9.59 Å². The van der Waals surface area contributed by atoms with E-state index in [0.29, 0.717) is 17.8 Å². The van der Waals surface area contributed by atoms with Gasteiger partial charge in [0.05, 0.1) is 11.7 Å². The first-order valence-electron chi connectivity index (χ1n) is 9.95. The van der Waals surface area contributed by atoms with Gasteiger partial charge in [-0.05, 0) is 48.4 Å². The molecule has 6 nitrogen and oxygen atoms in total. The number of carbonyl (C=O) groups excluding carboxylic acids is 1. The zero-order valence-electron chi connectivity index (χ0n) is 17.1. The normalized spacial score (nSPS) is 15.9. The molecule has 1 amide bonds. The molecule has 2 heterocycles. The lowest BCUT2D eigenvalue weighted by Gasteiger charge is -2.17. The van der Waals surface area contributed by atoms with Crippen molar-refractivity contribution in [3.05, 3.63) is 57.0 Å². The molecule has 0 aliphatic heterocycles. The Morgan fingerprint density at radius 2 is 2.07 bits per heavy atom. The number of amides is 1. The SMILES string of the molecule is C[C@H]1CCc2c(sc3ncn(CC(=O)NCc4ccc(N(C)C)cc4)c(=O)c23)C1. The molecule has 4 rings (SSSR count). The molecule has 0 spiro atoms. The Morgan fingerprint density at radius 3 is 2.79 bits per heavy atom. The summed E-state index contributed by atoms with van der Waals surface area (Å²) in [6.45, 7) is 2.67. The summed E-state index contributed by atoms with van der Waals surface area (Å²) in [5.41, 5.74) is 3.18. The molecule has 3 aromatic rings. The largest absolute Gasteiger partial charge is 0.378 e. The van der Waals surface area contributed by atoms with Gasteiger partial charge in [0.2, 0.25) is 5.91 Å². The third kappa shape index (κ3) is 4.05. The molecule has 2 aromatic heterocycles. The van der Waals surface area contributed by atoms with Gasteiger partial charge in [0.15, 0.2) is 0 Å². The van der Waals surface area contributed by atoms with Crippen molar-refractivity contribution >= 4 is 33.1 Å². The smallest absolute Gasteiger partial charge is 0.262 e. The average Bonchev–Trinajstić information content (AvgIpc) is 3.07. The van der Waals surface area contributed by atoms with Crippen molar-refractivity contribution in [3.63, 3.8) is 0 Å². The Labute approximate surface area is 174 Å². The number of thiophene rings is 1. The van der Waals surface area contributed by atoms with Gasteiger partial charge in [0.1, 0.15) is 11.4 Å². The van der Waals surface area contributed by atoms with Gasteiger partial charge in [-0.25, -0.2) is 4.98 Å². The lowest BCUT2D eigenvalue weighted by molar-refractivity contribution is -0.121. The third-order valence-electron chi connectivity index (χ3n) is 5.54. The topological polar surface area (TPSA) is 67.2 Å². The van der Waals surface area contributed by atoms with Gasteiger partial charge < -0.3 is 10.2 Å². The van der Waals surface area contributed by atoms with Gasteiger partial charge in [-0.3, -0.25) is 14.2 Å². The van der Waals surface area contributed by atoms with E-state index in [4.69, 9.17) is 0 Å². The van der Waals surface area contributed by atoms with Gasteiger partial charge in [-0.15, -0.1) is 11.3 Å². The van der Waals surface area contributed by atoms with Crippen LogP contribution in [-0.4, -0.2) is 29.6 Å².